The molecule has 0 aliphatic heterocycles. The molecule has 0 unspecified atom stereocenters. The number of carbonyl (C=O) groups is 1. The summed E-state index contributed by atoms with van der Waals surface area (Å²) in [5.74, 6) is 2.69. The molecule has 0 aromatic carbocycles. The number of aromatic nitrogens is 1. The third-order valence-corrected chi connectivity index (χ3v) is 4.25. The van der Waals surface area contributed by atoms with E-state index in [9.17, 15) is 4.79 Å². The second-order valence-electron chi connectivity index (χ2n) is 5.19. The molecule has 0 aliphatic carbocycles. The van der Waals surface area contributed by atoms with E-state index in [2.05, 4.69) is 32.3 Å². The molecule has 0 N–H and O–H groups in total. The number of aryl methyl sites for hydroxylation is 1. The van der Waals surface area contributed by atoms with Crippen LogP contribution in [0.2, 0.25) is 0 Å². The van der Waals surface area contributed by atoms with Crippen molar-refractivity contribution in [1.82, 2.24) is 4.57 Å². The van der Waals surface area contributed by atoms with Gasteiger partial charge in [-0.3, -0.25) is 4.79 Å². The van der Waals surface area contributed by atoms with Crippen LogP contribution in [0.4, 0.5) is 0 Å². The van der Waals surface area contributed by atoms with E-state index in [1.807, 2.05) is 13.0 Å². The van der Waals surface area contributed by atoms with Crippen LogP contribution in [0.3, 0.4) is 0 Å². The molecule has 18 heavy (non-hydrogen) atoms. The second kappa shape index (κ2) is 7.03. The highest BCUT2D eigenvalue weighted by Gasteiger charge is 2.14. The van der Waals surface area contributed by atoms with Gasteiger partial charge in [0.05, 0.1) is 5.75 Å². The Labute approximate surface area is 115 Å². The molecule has 0 spiro atoms. The highest BCUT2D eigenvalue weighted by molar-refractivity contribution is 7.99. The lowest BCUT2D eigenvalue weighted by Gasteiger charge is -2.06. The molecule has 0 fully saturated rings. The molecule has 0 radical (unpaired) electrons. The van der Waals surface area contributed by atoms with Gasteiger partial charge in [0, 0.05) is 23.5 Å². The molecule has 0 amide bonds. The second-order valence-corrected chi connectivity index (χ2v) is 6.29. The molecule has 3 heteroatoms. The highest BCUT2D eigenvalue weighted by atomic mass is 32.2. The van der Waals surface area contributed by atoms with Crippen molar-refractivity contribution in [2.24, 2.45) is 5.92 Å². The topological polar surface area (TPSA) is 22.0 Å². The maximum Gasteiger partial charge on any atom is 0.174 e. The van der Waals surface area contributed by atoms with Crippen molar-refractivity contribution < 1.29 is 4.79 Å². The Kier molecular flexibility index (Phi) is 6.00. The molecule has 1 heterocycles. The van der Waals surface area contributed by atoms with Gasteiger partial charge in [-0.25, -0.2) is 0 Å². The quantitative estimate of drug-likeness (QED) is 0.548. The van der Waals surface area contributed by atoms with Crippen LogP contribution in [0.5, 0.6) is 0 Å². The first kappa shape index (κ1) is 15.4. The van der Waals surface area contributed by atoms with Crippen LogP contribution in [-0.2, 0) is 6.54 Å². The molecule has 1 aromatic heterocycles. The first-order valence-electron chi connectivity index (χ1n) is 6.75. The van der Waals surface area contributed by atoms with Gasteiger partial charge >= 0.3 is 0 Å². The normalized spacial score (nSPS) is 11.2. The van der Waals surface area contributed by atoms with Crippen LogP contribution >= 0.6 is 11.8 Å². The number of thioether (sulfide) groups is 1. The average Bonchev–Trinajstić information content (AvgIpc) is 2.59. The summed E-state index contributed by atoms with van der Waals surface area (Å²) in [6.45, 7) is 11.6. The zero-order valence-electron chi connectivity index (χ0n) is 12.2. The first-order valence-corrected chi connectivity index (χ1v) is 7.90. The fourth-order valence-electron chi connectivity index (χ4n) is 2.13. The third-order valence-electron chi connectivity index (χ3n) is 3.26. The largest absolute Gasteiger partial charge is 0.349 e. The van der Waals surface area contributed by atoms with Crippen molar-refractivity contribution in [1.29, 1.82) is 0 Å². The third kappa shape index (κ3) is 3.91. The molecule has 0 bridgehead atoms. The average molecular weight is 267 g/mol. The molecule has 1 rings (SSSR count). The van der Waals surface area contributed by atoms with E-state index in [4.69, 9.17) is 0 Å². The van der Waals surface area contributed by atoms with E-state index in [1.165, 1.54) is 12.1 Å². The lowest BCUT2D eigenvalue weighted by atomic mass is 10.2. The van der Waals surface area contributed by atoms with Crippen LogP contribution < -0.4 is 0 Å². The zero-order valence-corrected chi connectivity index (χ0v) is 13.1. The number of nitrogens with zero attached hydrogens (tertiary/aromatic N) is 1. The van der Waals surface area contributed by atoms with Gasteiger partial charge in [-0.15, -0.1) is 0 Å². The minimum absolute atomic E-state index is 0.275. The van der Waals surface area contributed by atoms with E-state index in [0.29, 0.717) is 5.75 Å². The van der Waals surface area contributed by atoms with Crippen LogP contribution in [-0.4, -0.2) is 21.9 Å². The van der Waals surface area contributed by atoms with Gasteiger partial charge in [-0.2, -0.15) is 11.8 Å². The van der Waals surface area contributed by atoms with Crippen molar-refractivity contribution in [2.75, 3.05) is 11.5 Å². The van der Waals surface area contributed by atoms with Crippen molar-refractivity contribution in [3.05, 3.63) is 23.0 Å². The molecule has 2 nitrogen and oxygen atoms in total. The van der Waals surface area contributed by atoms with Crippen molar-refractivity contribution in [2.45, 2.75) is 47.6 Å². The van der Waals surface area contributed by atoms with E-state index in [1.54, 1.807) is 11.8 Å². The van der Waals surface area contributed by atoms with Gasteiger partial charge in [0.2, 0.25) is 0 Å². The van der Waals surface area contributed by atoms with Gasteiger partial charge in [-0.05, 0) is 44.9 Å². The number of carbonyl (C=O) groups excluding carboxylic acids is 1. The van der Waals surface area contributed by atoms with Crippen LogP contribution in [0.25, 0.3) is 0 Å². The smallest absolute Gasteiger partial charge is 0.174 e. The Hall–Kier alpha value is -0.700. The molecular weight excluding hydrogens is 242 g/mol. The van der Waals surface area contributed by atoms with Crippen LogP contribution in [0.1, 0.15) is 48.9 Å². The van der Waals surface area contributed by atoms with Crippen molar-refractivity contribution in [3.8, 4) is 0 Å². The minimum atomic E-state index is 0.275. The maximum absolute atomic E-state index is 12.2. The Morgan fingerprint density at radius 2 is 2.06 bits per heavy atom. The lowest BCUT2D eigenvalue weighted by Crippen LogP contribution is -2.06. The summed E-state index contributed by atoms with van der Waals surface area (Å²) in [4.78, 5) is 12.2. The molecule has 0 saturated carbocycles. The zero-order chi connectivity index (χ0) is 13.7. The maximum atomic E-state index is 12.2. The number of hydrogen-bond donors (Lipinski definition) is 0. The number of ketones is 1. The SMILES string of the molecule is CCn1c(C)cc(C(=O)CSCCC(C)C)c1C. The van der Waals surface area contributed by atoms with E-state index in [0.717, 1.165) is 29.5 Å². The van der Waals surface area contributed by atoms with Gasteiger partial charge in [0.15, 0.2) is 5.78 Å². The van der Waals surface area contributed by atoms with E-state index < -0.39 is 0 Å². The van der Waals surface area contributed by atoms with Gasteiger partial charge < -0.3 is 4.57 Å². The Bertz CT molecular complexity index is 407. The van der Waals surface area contributed by atoms with Crippen LogP contribution in [0, 0.1) is 19.8 Å². The minimum Gasteiger partial charge on any atom is -0.349 e. The summed E-state index contributed by atoms with van der Waals surface area (Å²) in [6, 6.07) is 2.03. The van der Waals surface area contributed by atoms with E-state index >= 15 is 0 Å². The Morgan fingerprint density at radius 1 is 1.39 bits per heavy atom. The van der Waals surface area contributed by atoms with Crippen molar-refractivity contribution in [3.63, 3.8) is 0 Å². The predicted molar refractivity (Wildman–Crippen MR) is 80.7 cm³/mol. The first-order chi connectivity index (χ1) is 8.47. The summed E-state index contributed by atoms with van der Waals surface area (Å²) in [6.07, 6.45) is 1.19. The predicted octanol–water partition coefficient (Wildman–Crippen LogP) is 4.09. The highest BCUT2D eigenvalue weighted by Crippen LogP contribution is 2.18. The Balaban J connectivity index is 2.57. The van der Waals surface area contributed by atoms with E-state index in [-0.39, 0.29) is 5.78 Å². The molecule has 1 aromatic rings. The summed E-state index contributed by atoms with van der Waals surface area (Å²) >= 11 is 1.76. The molecular formula is C15H25NOS. The number of Topliss-reactive ketones (excluding diaryl/α,β-unsaturated/α-hetero) is 1. The summed E-state index contributed by atoms with van der Waals surface area (Å²) in [7, 11) is 0. The fourth-order valence-corrected chi connectivity index (χ4v) is 3.25. The summed E-state index contributed by atoms with van der Waals surface area (Å²) in [5, 5.41) is 0. The van der Waals surface area contributed by atoms with Gasteiger partial charge in [0.1, 0.15) is 0 Å². The standard InChI is InChI=1S/C15H25NOS/c1-6-16-12(4)9-14(13(16)5)15(17)10-18-8-7-11(2)3/h9,11H,6-8,10H2,1-5H3. The van der Waals surface area contributed by atoms with Gasteiger partial charge in [0.25, 0.3) is 0 Å². The lowest BCUT2D eigenvalue weighted by molar-refractivity contribution is 0.102. The summed E-state index contributed by atoms with van der Waals surface area (Å²) in [5.41, 5.74) is 3.21. The molecule has 0 aliphatic rings. The monoisotopic (exact) mass is 267 g/mol. The van der Waals surface area contributed by atoms with Gasteiger partial charge in [-0.1, -0.05) is 13.8 Å². The summed E-state index contributed by atoms with van der Waals surface area (Å²) < 4.78 is 2.20. The molecule has 0 atom stereocenters. The van der Waals surface area contributed by atoms with Crippen LogP contribution in [0.15, 0.2) is 6.07 Å². The molecule has 102 valence electrons. The fraction of sp³-hybridized carbons (Fsp3) is 0.667. The number of hydrogen-bond acceptors (Lipinski definition) is 2. The Morgan fingerprint density at radius 3 is 2.56 bits per heavy atom. The molecule has 0 saturated heterocycles. The van der Waals surface area contributed by atoms with Crippen molar-refractivity contribution >= 4 is 17.5 Å². The number of rotatable bonds is 7.